The third-order valence-corrected chi connectivity index (χ3v) is 3.44. The second-order valence-electron chi connectivity index (χ2n) is 2.37. The quantitative estimate of drug-likeness (QED) is 0.671. The minimum atomic E-state index is 0.988. The molecule has 1 rings (SSSR count). The number of hydrogen-bond donors (Lipinski definition) is 0. The molecular formula is C9H7Br3. The van der Waals surface area contributed by atoms with Crippen LogP contribution in [-0.4, -0.2) is 0 Å². The molecule has 1 aromatic rings. The van der Waals surface area contributed by atoms with Gasteiger partial charge in [-0.15, -0.1) is 0 Å². The highest BCUT2D eigenvalue weighted by Crippen LogP contribution is 2.30. The zero-order valence-electron chi connectivity index (χ0n) is 6.44. The van der Waals surface area contributed by atoms with Crippen molar-refractivity contribution in [3.05, 3.63) is 37.7 Å². The van der Waals surface area contributed by atoms with Gasteiger partial charge in [-0.25, -0.2) is 0 Å². The third-order valence-electron chi connectivity index (χ3n) is 1.56. The normalized spacial score (nSPS) is 9.67. The molecule has 0 heterocycles. The van der Waals surface area contributed by atoms with Crippen LogP contribution in [0.25, 0.3) is 5.57 Å². The van der Waals surface area contributed by atoms with Crippen LogP contribution in [0.1, 0.15) is 12.5 Å². The number of benzene rings is 1. The molecule has 0 aromatic heterocycles. The van der Waals surface area contributed by atoms with Crippen LogP contribution >= 0.6 is 47.8 Å². The summed E-state index contributed by atoms with van der Waals surface area (Å²) in [5, 5.41) is 0. The number of allylic oxidation sites excluding steroid dienone is 1. The summed E-state index contributed by atoms with van der Waals surface area (Å²) in [4.78, 5) is 0. The predicted molar refractivity (Wildman–Crippen MR) is 64.6 cm³/mol. The second-order valence-corrected chi connectivity index (χ2v) is 5.87. The van der Waals surface area contributed by atoms with Gasteiger partial charge in [0.25, 0.3) is 0 Å². The Morgan fingerprint density at radius 2 is 1.75 bits per heavy atom. The summed E-state index contributed by atoms with van der Waals surface area (Å²) < 4.78 is 2.10. The van der Waals surface area contributed by atoms with Gasteiger partial charge >= 0.3 is 0 Å². The fourth-order valence-electron chi connectivity index (χ4n) is 0.867. The van der Waals surface area contributed by atoms with Gasteiger partial charge in [-0.05, 0) is 56.0 Å². The van der Waals surface area contributed by atoms with Crippen LogP contribution in [0.4, 0.5) is 0 Å². The first-order chi connectivity index (χ1) is 5.63. The van der Waals surface area contributed by atoms with Crippen LogP contribution in [0.15, 0.2) is 32.1 Å². The van der Waals surface area contributed by atoms with Crippen molar-refractivity contribution >= 4 is 53.4 Å². The standard InChI is InChI=1S/C9H7Br3/c1-6(9(11)12)7-4-2-3-5-8(7)10/h2-5H,1H3. The molecule has 0 atom stereocenters. The topological polar surface area (TPSA) is 0 Å². The molecule has 0 bridgehead atoms. The van der Waals surface area contributed by atoms with Crippen LogP contribution in [0.5, 0.6) is 0 Å². The van der Waals surface area contributed by atoms with Gasteiger partial charge in [0.05, 0.1) is 3.39 Å². The molecule has 0 spiro atoms. The van der Waals surface area contributed by atoms with Gasteiger partial charge in [0.1, 0.15) is 0 Å². The van der Waals surface area contributed by atoms with Crippen LogP contribution in [0.2, 0.25) is 0 Å². The molecule has 0 nitrogen and oxygen atoms in total. The molecule has 0 saturated heterocycles. The van der Waals surface area contributed by atoms with Crippen LogP contribution in [0, 0.1) is 0 Å². The molecule has 0 aliphatic rings. The average Bonchev–Trinajstić information content (AvgIpc) is 2.04. The Bertz CT molecular complexity index is 311. The van der Waals surface area contributed by atoms with Gasteiger partial charge in [0, 0.05) is 4.47 Å². The minimum Gasteiger partial charge on any atom is -0.0616 e. The maximum absolute atomic E-state index is 3.49. The first-order valence-electron chi connectivity index (χ1n) is 3.39. The Balaban J connectivity index is 3.21. The van der Waals surface area contributed by atoms with E-state index in [9.17, 15) is 0 Å². The van der Waals surface area contributed by atoms with Crippen LogP contribution in [-0.2, 0) is 0 Å². The Morgan fingerprint density at radius 3 is 2.25 bits per heavy atom. The van der Waals surface area contributed by atoms with E-state index in [0.29, 0.717) is 0 Å². The molecule has 0 amide bonds. The molecule has 0 aliphatic carbocycles. The van der Waals surface area contributed by atoms with Gasteiger partial charge in [-0.1, -0.05) is 34.1 Å². The largest absolute Gasteiger partial charge is 0.0639 e. The van der Waals surface area contributed by atoms with Crippen LogP contribution in [0.3, 0.4) is 0 Å². The van der Waals surface area contributed by atoms with Crippen molar-refractivity contribution in [3.63, 3.8) is 0 Å². The van der Waals surface area contributed by atoms with E-state index in [1.54, 1.807) is 0 Å². The van der Waals surface area contributed by atoms with Gasteiger partial charge in [0.2, 0.25) is 0 Å². The lowest BCUT2D eigenvalue weighted by atomic mass is 10.1. The molecule has 1 aromatic carbocycles. The van der Waals surface area contributed by atoms with Crippen molar-refractivity contribution in [2.24, 2.45) is 0 Å². The number of hydrogen-bond acceptors (Lipinski definition) is 0. The molecule has 64 valence electrons. The Morgan fingerprint density at radius 1 is 1.17 bits per heavy atom. The fraction of sp³-hybridized carbons (Fsp3) is 0.111. The average molecular weight is 355 g/mol. The van der Waals surface area contributed by atoms with Crippen LogP contribution < -0.4 is 0 Å². The molecule has 3 heteroatoms. The van der Waals surface area contributed by atoms with E-state index in [1.807, 2.05) is 18.2 Å². The summed E-state index contributed by atoms with van der Waals surface area (Å²) in [5.41, 5.74) is 2.38. The van der Waals surface area contributed by atoms with Gasteiger partial charge < -0.3 is 0 Å². The van der Waals surface area contributed by atoms with Crippen molar-refractivity contribution < 1.29 is 0 Å². The third kappa shape index (κ3) is 2.44. The molecule has 12 heavy (non-hydrogen) atoms. The summed E-state index contributed by atoms with van der Waals surface area (Å²) >= 11 is 10.3. The van der Waals surface area contributed by atoms with E-state index in [4.69, 9.17) is 0 Å². The first-order valence-corrected chi connectivity index (χ1v) is 5.77. The van der Waals surface area contributed by atoms with Crippen molar-refractivity contribution in [2.45, 2.75) is 6.92 Å². The molecule has 0 N–H and O–H groups in total. The predicted octanol–water partition coefficient (Wildman–Crippen LogP) is 4.93. The smallest absolute Gasteiger partial charge is 0.0616 e. The van der Waals surface area contributed by atoms with E-state index in [0.717, 1.165) is 7.86 Å². The summed E-state index contributed by atoms with van der Waals surface area (Å²) in [7, 11) is 0. The van der Waals surface area contributed by atoms with Crippen molar-refractivity contribution in [1.82, 2.24) is 0 Å². The fourth-order valence-corrected chi connectivity index (χ4v) is 1.88. The molecule has 0 unspecified atom stereocenters. The minimum absolute atomic E-state index is 0.988. The number of halogens is 3. The molecule has 0 saturated carbocycles. The summed E-state index contributed by atoms with van der Waals surface area (Å²) in [6.45, 7) is 2.05. The SMILES string of the molecule is CC(=C(Br)Br)c1ccccc1Br. The van der Waals surface area contributed by atoms with E-state index < -0.39 is 0 Å². The molecule has 0 aliphatic heterocycles. The van der Waals surface area contributed by atoms with E-state index in [-0.39, 0.29) is 0 Å². The monoisotopic (exact) mass is 352 g/mol. The Hall–Kier alpha value is 0.400. The molecule has 0 radical (unpaired) electrons. The van der Waals surface area contributed by atoms with Crippen molar-refractivity contribution in [2.75, 3.05) is 0 Å². The Labute approximate surface area is 97.4 Å². The molecular weight excluding hydrogens is 348 g/mol. The summed E-state index contributed by atoms with van der Waals surface area (Å²) in [6, 6.07) is 8.12. The highest BCUT2D eigenvalue weighted by atomic mass is 79.9. The van der Waals surface area contributed by atoms with E-state index in [1.165, 1.54) is 11.1 Å². The highest BCUT2D eigenvalue weighted by molar-refractivity contribution is 9.28. The zero-order valence-corrected chi connectivity index (χ0v) is 11.2. The first kappa shape index (κ1) is 10.5. The Kier molecular flexibility index (Phi) is 4.00. The van der Waals surface area contributed by atoms with Gasteiger partial charge in [0.15, 0.2) is 0 Å². The van der Waals surface area contributed by atoms with Crippen molar-refractivity contribution in [3.8, 4) is 0 Å². The second kappa shape index (κ2) is 4.58. The maximum atomic E-state index is 3.49. The van der Waals surface area contributed by atoms with Gasteiger partial charge in [-0.2, -0.15) is 0 Å². The lowest BCUT2D eigenvalue weighted by Gasteiger charge is -2.03. The summed E-state index contributed by atoms with van der Waals surface area (Å²) in [6.07, 6.45) is 0. The van der Waals surface area contributed by atoms with E-state index >= 15 is 0 Å². The maximum Gasteiger partial charge on any atom is 0.0639 e. The highest BCUT2D eigenvalue weighted by Gasteiger charge is 2.02. The van der Waals surface area contributed by atoms with E-state index in [2.05, 4.69) is 60.8 Å². The van der Waals surface area contributed by atoms with Gasteiger partial charge in [-0.3, -0.25) is 0 Å². The van der Waals surface area contributed by atoms with Crippen molar-refractivity contribution in [1.29, 1.82) is 0 Å². The summed E-state index contributed by atoms with van der Waals surface area (Å²) in [5.74, 6) is 0. The lowest BCUT2D eigenvalue weighted by Crippen LogP contribution is -1.80. The lowest BCUT2D eigenvalue weighted by molar-refractivity contribution is 1.53. The number of rotatable bonds is 1. The zero-order chi connectivity index (χ0) is 9.14. The molecule has 0 fully saturated rings.